The van der Waals surface area contributed by atoms with Gasteiger partial charge in [-0.2, -0.15) is 0 Å². The summed E-state index contributed by atoms with van der Waals surface area (Å²) >= 11 is 0. The highest BCUT2D eigenvalue weighted by atomic mass is 16.5. The van der Waals surface area contributed by atoms with Gasteiger partial charge in [-0.15, -0.1) is 0 Å². The van der Waals surface area contributed by atoms with Gasteiger partial charge in [-0.05, 0) is 38.5 Å². The van der Waals surface area contributed by atoms with E-state index in [0.717, 1.165) is 5.56 Å². The lowest BCUT2D eigenvalue weighted by molar-refractivity contribution is 0.163. The minimum atomic E-state index is -0.597. The molecular formula is C14H23NO3. The highest BCUT2D eigenvalue weighted by Crippen LogP contribution is 2.23. The van der Waals surface area contributed by atoms with Crippen LogP contribution in [0.25, 0.3) is 0 Å². The van der Waals surface area contributed by atoms with Crippen molar-refractivity contribution in [2.75, 3.05) is 13.7 Å². The van der Waals surface area contributed by atoms with Crippen molar-refractivity contribution in [3.63, 3.8) is 0 Å². The minimum absolute atomic E-state index is 0.0345. The van der Waals surface area contributed by atoms with E-state index in [4.69, 9.17) is 4.74 Å². The first-order chi connectivity index (χ1) is 8.37. The van der Waals surface area contributed by atoms with Gasteiger partial charge in [0.1, 0.15) is 5.75 Å². The zero-order chi connectivity index (χ0) is 13.8. The predicted octanol–water partition coefficient (Wildman–Crippen LogP) is 1.61. The molecule has 0 amide bonds. The minimum Gasteiger partial charge on any atom is -0.496 e. The lowest BCUT2D eigenvalue weighted by Gasteiger charge is -2.23. The van der Waals surface area contributed by atoms with Crippen molar-refractivity contribution in [2.24, 2.45) is 0 Å². The zero-order valence-electron chi connectivity index (χ0n) is 11.5. The van der Waals surface area contributed by atoms with Crippen LogP contribution in [-0.2, 0) is 6.61 Å². The summed E-state index contributed by atoms with van der Waals surface area (Å²) in [5.41, 5.74) is 1.43. The van der Waals surface area contributed by atoms with Gasteiger partial charge in [0.15, 0.2) is 0 Å². The van der Waals surface area contributed by atoms with Gasteiger partial charge < -0.3 is 20.3 Å². The van der Waals surface area contributed by atoms with Crippen molar-refractivity contribution >= 4 is 0 Å². The molecule has 4 nitrogen and oxygen atoms in total. The van der Waals surface area contributed by atoms with Crippen LogP contribution in [0.1, 0.15) is 38.0 Å². The fourth-order valence-electron chi connectivity index (χ4n) is 1.65. The van der Waals surface area contributed by atoms with Crippen molar-refractivity contribution in [3.05, 3.63) is 29.3 Å². The summed E-state index contributed by atoms with van der Waals surface area (Å²) in [6.45, 7) is 6.52. The average molecular weight is 253 g/mol. The lowest BCUT2D eigenvalue weighted by atomic mass is 10.0. The average Bonchev–Trinajstić information content (AvgIpc) is 2.34. The second-order valence-corrected chi connectivity index (χ2v) is 5.38. The first kappa shape index (κ1) is 15.0. The van der Waals surface area contributed by atoms with Gasteiger partial charge in [0, 0.05) is 17.6 Å². The fourth-order valence-corrected chi connectivity index (χ4v) is 1.65. The van der Waals surface area contributed by atoms with Crippen molar-refractivity contribution in [1.29, 1.82) is 0 Å². The van der Waals surface area contributed by atoms with Gasteiger partial charge in [-0.25, -0.2) is 0 Å². The Morgan fingerprint density at radius 2 is 2.00 bits per heavy atom. The third-order valence-corrected chi connectivity index (χ3v) is 2.69. The third-order valence-electron chi connectivity index (χ3n) is 2.69. The molecule has 0 aliphatic carbocycles. The molecule has 0 radical (unpaired) electrons. The number of methoxy groups -OCH3 is 1. The number of aliphatic hydroxyl groups excluding tert-OH is 2. The zero-order valence-corrected chi connectivity index (χ0v) is 11.5. The highest BCUT2D eigenvalue weighted by molar-refractivity contribution is 5.37. The maximum Gasteiger partial charge on any atom is 0.124 e. The molecule has 1 atom stereocenters. The van der Waals surface area contributed by atoms with E-state index in [1.165, 1.54) is 0 Å². The van der Waals surface area contributed by atoms with Crippen LogP contribution in [0.15, 0.2) is 18.2 Å². The Hall–Kier alpha value is -1.10. The number of nitrogens with one attached hydrogen (secondary N) is 1. The molecule has 0 heterocycles. The molecule has 0 saturated heterocycles. The van der Waals surface area contributed by atoms with Gasteiger partial charge in [-0.3, -0.25) is 0 Å². The summed E-state index contributed by atoms with van der Waals surface area (Å²) < 4.78 is 5.13. The summed E-state index contributed by atoms with van der Waals surface area (Å²) in [6, 6.07) is 5.35. The van der Waals surface area contributed by atoms with E-state index in [-0.39, 0.29) is 12.1 Å². The molecule has 0 saturated carbocycles. The van der Waals surface area contributed by atoms with Crippen molar-refractivity contribution in [3.8, 4) is 5.75 Å². The highest BCUT2D eigenvalue weighted by Gasteiger charge is 2.14. The Labute approximate surface area is 109 Å². The molecular weight excluding hydrogens is 230 g/mol. The van der Waals surface area contributed by atoms with E-state index in [1.807, 2.05) is 26.8 Å². The van der Waals surface area contributed by atoms with Gasteiger partial charge in [0.25, 0.3) is 0 Å². The molecule has 18 heavy (non-hydrogen) atoms. The van der Waals surface area contributed by atoms with E-state index in [2.05, 4.69) is 5.32 Å². The Kier molecular flexibility index (Phi) is 5.14. The van der Waals surface area contributed by atoms with E-state index >= 15 is 0 Å². The van der Waals surface area contributed by atoms with Crippen LogP contribution in [-0.4, -0.2) is 29.4 Å². The molecule has 0 aromatic heterocycles. The summed E-state index contributed by atoms with van der Waals surface area (Å²) in [6.07, 6.45) is -0.597. The van der Waals surface area contributed by atoms with E-state index in [9.17, 15) is 10.2 Å². The second kappa shape index (κ2) is 6.18. The summed E-state index contributed by atoms with van der Waals surface area (Å²) in [5, 5.41) is 22.6. The summed E-state index contributed by atoms with van der Waals surface area (Å²) in [7, 11) is 1.56. The maximum atomic E-state index is 10.1. The number of hydrogen-bond acceptors (Lipinski definition) is 4. The Bertz CT molecular complexity index is 385. The fraction of sp³-hybridized carbons (Fsp3) is 0.571. The molecule has 4 heteroatoms. The van der Waals surface area contributed by atoms with Crippen LogP contribution in [0, 0.1) is 0 Å². The molecule has 0 fully saturated rings. The van der Waals surface area contributed by atoms with Crippen LogP contribution in [0.5, 0.6) is 5.75 Å². The molecule has 1 rings (SSSR count). The molecule has 3 N–H and O–H groups in total. The standard InChI is InChI=1S/C14H23NO3/c1-14(2,3)15-8-12(17)10-5-6-13(18-4)11(7-10)9-16/h5-7,12,15-17H,8-9H2,1-4H3. The number of rotatable bonds is 5. The van der Waals surface area contributed by atoms with Crippen molar-refractivity contribution in [1.82, 2.24) is 5.32 Å². The Balaban J connectivity index is 2.77. The molecule has 1 aromatic carbocycles. The Morgan fingerprint density at radius 1 is 1.33 bits per heavy atom. The first-order valence-corrected chi connectivity index (χ1v) is 6.08. The predicted molar refractivity (Wildman–Crippen MR) is 71.6 cm³/mol. The maximum absolute atomic E-state index is 10.1. The quantitative estimate of drug-likeness (QED) is 0.746. The van der Waals surface area contributed by atoms with Crippen LogP contribution < -0.4 is 10.1 Å². The van der Waals surface area contributed by atoms with Gasteiger partial charge in [-0.1, -0.05) is 6.07 Å². The topological polar surface area (TPSA) is 61.7 Å². The van der Waals surface area contributed by atoms with Crippen LogP contribution in [0.3, 0.4) is 0 Å². The number of β-amino-alcohol motifs (C(OH)–C–C–N with tert-alkyl or cyclic N) is 1. The summed E-state index contributed by atoms with van der Waals surface area (Å²) in [4.78, 5) is 0. The van der Waals surface area contributed by atoms with E-state index < -0.39 is 6.10 Å². The number of aliphatic hydroxyl groups is 2. The van der Waals surface area contributed by atoms with Crippen molar-refractivity contribution in [2.45, 2.75) is 39.0 Å². The van der Waals surface area contributed by atoms with Crippen LogP contribution in [0.2, 0.25) is 0 Å². The summed E-state index contributed by atoms with van der Waals surface area (Å²) in [5.74, 6) is 0.636. The molecule has 0 aliphatic rings. The molecule has 0 bridgehead atoms. The second-order valence-electron chi connectivity index (χ2n) is 5.38. The Morgan fingerprint density at radius 3 is 2.50 bits per heavy atom. The first-order valence-electron chi connectivity index (χ1n) is 6.08. The molecule has 0 spiro atoms. The molecule has 102 valence electrons. The van der Waals surface area contributed by atoms with Crippen molar-refractivity contribution < 1.29 is 14.9 Å². The normalized spacial score (nSPS) is 13.4. The van der Waals surface area contributed by atoms with E-state index in [0.29, 0.717) is 17.9 Å². The molecule has 1 aromatic rings. The number of ether oxygens (including phenoxy) is 1. The van der Waals surface area contributed by atoms with Crippen LogP contribution >= 0.6 is 0 Å². The SMILES string of the molecule is COc1ccc(C(O)CNC(C)(C)C)cc1CO. The lowest BCUT2D eigenvalue weighted by Crippen LogP contribution is -2.38. The molecule has 1 unspecified atom stereocenters. The van der Waals surface area contributed by atoms with Gasteiger partial charge in [0.2, 0.25) is 0 Å². The van der Waals surface area contributed by atoms with Crippen LogP contribution in [0.4, 0.5) is 0 Å². The monoisotopic (exact) mass is 253 g/mol. The number of hydrogen-bond donors (Lipinski definition) is 3. The largest absolute Gasteiger partial charge is 0.496 e. The van der Waals surface area contributed by atoms with E-state index in [1.54, 1.807) is 19.2 Å². The van der Waals surface area contributed by atoms with Gasteiger partial charge >= 0.3 is 0 Å². The molecule has 0 aliphatic heterocycles. The third kappa shape index (κ3) is 4.29. The van der Waals surface area contributed by atoms with Gasteiger partial charge in [0.05, 0.1) is 19.8 Å². The smallest absolute Gasteiger partial charge is 0.124 e. The number of benzene rings is 1.